The Bertz CT molecular complexity index is 1450. The van der Waals surface area contributed by atoms with Crippen molar-refractivity contribution in [3.05, 3.63) is 112 Å². The van der Waals surface area contributed by atoms with Crippen molar-refractivity contribution >= 4 is 39.9 Å². The molecular formula is C27H20ClNO4. The van der Waals surface area contributed by atoms with Gasteiger partial charge in [-0.05, 0) is 61.4 Å². The van der Waals surface area contributed by atoms with Gasteiger partial charge in [0, 0.05) is 16.1 Å². The normalized spacial score (nSPS) is 16.2. The number of hydrogen-bond donors (Lipinski definition) is 1. The molecule has 164 valence electrons. The molecule has 1 aromatic heterocycles. The first-order valence-electron chi connectivity index (χ1n) is 10.5. The lowest BCUT2D eigenvalue weighted by Crippen LogP contribution is -2.31. The summed E-state index contributed by atoms with van der Waals surface area (Å²) < 4.78 is 5.77. The van der Waals surface area contributed by atoms with E-state index >= 15 is 0 Å². The summed E-state index contributed by atoms with van der Waals surface area (Å²) in [5.41, 5.74) is 3.74. The van der Waals surface area contributed by atoms with Gasteiger partial charge >= 0.3 is 0 Å². The van der Waals surface area contributed by atoms with Crippen molar-refractivity contribution < 1.29 is 19.1 Å². The third-order valence-electron chi connectivity index (χ3n) is 5.95. The summed E-state index contributed by atoms with van der Waals surface area (Å²) in [5.74, 6) is -1.72. The highest BCUT2D eigenvalue weighted by atomic mass is 35.5. The van der Waals surface area contributed by atoms with Crippen molar-refractivity contribution in [1.82, 2.24) is 0 Å². The summed E-state index contributed by atoms with van der Waals surface area (Å²) in [6.45, 7) is 3.86. The molecule has 0 saturated carbocycles. The number of furan rings is 1. The van der Waals surface area contributed by atoms with E-state index in [0.717, 1.165) is 16.7 Å². The molecule has 1 aliphatic rings. The topological polar surface area (TPSA) is 70.8 Å². The van der Waals surface area contributed by atoms with Crippen LogP contribution in [0, 0.1) is 13.8 Å². The fourth-order valence-electron chi connectivity index (χ4n) is 4.26. The van der Waals surface area contributed by atoms with E-state index in [9.17, 15) is 14.7 Å². The minimum absolute atomic E-state index is 0.0139. The molecule has 1 aliphatic heterocycles. The van der Waals surface area contributed by atoms with Crippen LogP contribution in [0.5, 0.6) is 0 Å². The first-order valence-corrected chi connectivity index (χ1v) is 10.9. The van der Waals surface area contributed by atoms with Crippen molar-refractivity contribution in [3.63, 3.8) is 0 Å². The smallest absolute Gasteiger partial charge is 0.294 e. The Morgan fingerprint density at radius 1 is 1.00 bits per heavy atom. The van der Waals surface area contributed by atoms with Crippen LogP contribution in [0.2, 0.25) is 5.02 Å². The number of nitrogens with zero attached hydrogens (tertiary/aromatic N) is 1. The Kier molecular flexibility index (Phi) is 5.06. The van der Waals surface area contributed by atoms with Crippen LogP contribution in [0.25, 0.3) is 11.0 Å². The fraction of sp³-hybridized carbons (Fsp3) is 0.111. The summed E-state index contributed by atoms with van der Waals surface area (Å²) in [6.07, 6.45) is 0. The lowest BCUT2D eigenvalue weighted by Gasteiger charge is -2.28. The van der Waals surface area contributed by atoms with Crippen molar-refractivity contribution in [1.29, 1.82) is 0 Å². The molecule has 0 aliphatic carbocycles. The minimum Gasteiger partial charge on any atom is -0.503 e. The van der Waals surface area contributed by atoms with E-state index in [-0.39, 0.29) is 11.3 Å². The van der Waals surface area contributed by atoms with Gasteiger partial charge in [0.2, 0.25) is 5.78 Å². The van der Waals surface area contributed by atoms with Crippen LogP contribution >= 0.6 is 11.6 Å². The molecule has 0 spiro atoms. The molecule has 3 aromatic carbocycles. The second-order valence-electron chi connectivity index (χ2n) is 8.15. The van der Waals surface area contributed by atoms with E-state index in [1.165, 1.54) is 4.90 Å². The Labute approximate surface area is 195 Å². The molecule has 1 unspecified atom stereocenters. The van der Waals surface area contributed by atoms with Crippen LogP contribution in [0.4, 0.5) is 5.69 Å². The fourth-order valence-corrected chi connectivity index (χ4v) is 4.44. The summed E-state index contributed by atoms with van der Waals surface area (Å²) in [7, 11) is 0. The highest BCUT2D eigenvalue weighted by Crippen LogP contribution is 2.43. The van der Waals surface area contributed by atoms with Gasteiger partial charge in [-0.3, -0.25) is 14.5 Å². The molecule has 0 fully saturated rings. The standard InChI is InChI=1S/C27H20ClNO4/c1-15-7-10-19(11-8-15)29-24(20-6-4-3-5-16(20)2)23(26(31)27(29)32)25(30)22-14-17-13-18(28)9-12-21(17)33-22/h3-14,24,31H,1-2H3. The number of anilines is 1. The number of fused-ring (bicyclic) bond motifs is 1. The Balaban J connectivity index is 1.67. The molecule has 33 heavy (non-hydrogen) atoms. The number of halogens is 1. The second kappa shape index (κ2) is 7.94. The maximum Gasteiger partial charge on any atom is 0.294 e. The van der Waals surface area contributed by atoms with Crippen LogP contribution in [0.3, 0.4) is 0 Å². The number of hydrogen-bond acceptors (Lipinski definition) is 4. The molecule has 5 rings (SSSR count). The quantitative estimate of drug-likeness (QED) is 0.356. The number of Topliss-reactive ketones (excluding diaryl/α,β-unsaturated/α-hetero) is 1. The average Bonchev–Trinajstić information content (AvgIpc) is 3.33. The van der Waals surface area contributed by atoms with E-state index in [0.29, 0.717) is 21.7 Å². The summed E-state index contributed by atoms with van der Waals surface area (Å²) >= 11 is 6.07. The van der Waals surface area contributed by atoms with Crippen molar-refractivity contribution in [2.45, 2.75) is 19.9 Å². The van der Waals surface area contributed by atoms with Crippen LogP contribution in [0.1, 0.15) is 33.3 Å². The van der Waals surface area contributed by atoms with Crippen LogP contribution in [-0.4, -0.2) is 16.8 Å². The van der Waals surface area contributed by atoms with Crippen molar-refractivity contribution in [2.24, 2.45) is 0 Å². The zero-order valence-electron chi connectivity index (χ0n) is 18.0. The van der Waals surface area contributed by atoms with Gasteiger partial charge in [-0.15, -0.1) is 0 Å². The molecule has 0 radical (unpaired) electrons. The Morgan fingerprint density at radius 2 is 1.73 bits per heavy atom. The number of aliphatic hydroxyl groups is 1. The number of carbonyl (C=O) groups is 2. The largest absolute Gasteiger partial charge is 0.503 e. The average molecular weight is 458 g/mol. The van der Waals surface area contributed by atoms with Crippen molar-refractivity contribution in [3.8, 4) is 0 Å². The number of rotatable bonds is 4. The van der Waals surface area contributed by atoms with Gasteiger partial charge in [-0.25, -0.2) is 0 Å². The molecule has 6 heteroatoms. The van der Waals surface area contributed by atoms with Gasteiger partial charge in [0.25, 0.3) is 5.91 Å². The van der Waals surface area contributed by atoms with Gasteiger partial charge in [0.05, 0.1) is 11.6 Å². The van der Waals surface area contributed by atoms with E-state index in [1.54, 1.807) is 24.3 Å². The van der Waals surface area contributed by atoms with Gasteiger partial charge in [-0.2, -0.15) is 0 Å². The summed E-state index contributed by atoms with van der Waals surface area (Å²) in [5, 5.41) is 12.1. The third-order valence-corrected chi connectivity index (χ3v) is 6.19. The number of ketones is 1. The molecule has 1 N–H and O–H groups in total. The Hall–Kier alpha value is -3.83. The number of benzene rings is 3. The van der Waals surface area contributed by atoms with Crippen molar-refractivity contribution in [2.75, 3.05) is 4.90 Å². The Morgan fingerprint density at radius 3 is 2.45 bits per heavy atom. The van der Waals surface area contributed by atoms with Crippen LogP contribution in [-0.2, 0) is 4.79 Å². The SMILES string of the molecule is Cc1ccc(N2C(=O)C(O)=C(C(=O)c3cc4cc(Cl)ccc4o3)C2c2ccccc2C)cc1. The maximum absolute atomic E-state index is 13.7. The van der Waals surface area contributed by atoms with E-state index in [4.69, 9.17) is 16.0 Å². The number of carbonyl (C=O) groups excluding carboxylic acids is 2. The first-order chi connectivity index (χ1) is 15.8. The minimum atomic E-state index is -0.800. The zero-order chi connectivity index (χ0) is 23.3. The first kappa shape index (κ1) is 21.0. The van der Waals surface area contributed by atoms with Gasteiger partial charge in [0.1, 0.15) is 5.58 Å². The maximum atomic E-state index is 13.7. The monoisotopic (exact) mass is 457 g/mol. The molecule has 5 nitrogen and oxygen atoms in total. The molecular weight excluding hydrogens is 438 g/mol. The molecule has 1 atom stereocenters. The molecule has 0 bridgehead atoms. The zero-order valence-corrected chi connectivity index (χ0v) is 18.8. The highest BCUT2D eigenvalue weighted by Gasteiger charge is 2.45. The molecule has 1 amide bonds. The molecule has 0 saturated heterocycles. The number of aryl methyl sites for hydroxylation is 2. The predicted octanol–water partition coefficient (Wildman–Crippen LogP) is 6.49. The lowest BCUT2D eigenvalue weighted by atomic mass is 9.92. The van der Waals surface area contributed by atoms with Crippen LogP contribution in [0.15, 0.2) is 88.5 Å². The number of amides is 1. The molecule has 4 aromatic rings. The van der Waals surface area contributed by atoms with E-state index < -0.39 is 23.5 Å². The summed E-state index contributed by atoms with van der Waals surface area (Å²) in [4.78, 5) is 28.4. The third kappa shape index (κ3) is 3.51. The molecule has 2 heterocycles. The lowest BCUT2D eigenvalue weighted by molar-refractivity contribution is -0.117. The number of aliphatic hydroxyl groups excluding tert-OH is 1. The summed E-state index contributed by atoms with van der Waals surface area (Å²) in [6, 6.07) is 20.7. The highest BCUT2D eigenvalue weighted by molar-refractivity contribution is 6.31. The van der Waals surface area contributed by atoms with E-state index in [2.05, 4.69) is 0 Å². The second-order valence-corrected chi connectivity index (χ2v) is 8.59. The van der Waals surface area contributed by atoms with Crippen LogP contribution < -0.4 is 4.90 Å². The van der Waals surface area contributed by atoms with Gasteiger partial charge in [-0.1, -0.05) is 53.6 Å². The predicted molar refractivity (Wildman–Crippen MR) is 128 cm³/mol. The van der Waals surface area contributed by atoms with E-state index in [1.807, 2.05) is 62.4 Å². The van der Waals surface area contributed by atoms with Gasteiger partial charge in [0.15, 0.2) is 11.5 Å². The van der Waals surface area contributed by atoms with Gasteiger partial charge < -0.3 is 9.52 Å².